The number of nitrogens with zero attached hydrogens (tertiary/aromatic N) is 3. The molecular weight excluding hydrogens is 284 g/mol. The standard InChI is InChI=1S/C15H20N4OS/c1-9-10(2)21-15-13(9)14(16-3)17-11(18-15)8-19-7-5-4-6-12(19)20/h4-8H2,1-3H3,(H,16,17,18). The van der Waals surface area contributed by atoms with Gasteiger partial charge in [0.1, 0.15) is 10.6 Å². The second-order valence-electron chi connectivity index (χ2n) is 5.47. The van der Waals surface area contributed by atoms with Gasteiger partial charge in [-0.3, -0.25) is 4.79 Å². The van der Waals surface area contributed by atoms with Gasteiger partial charge in [0.15, 0.2) is 5.82 Å². The lowest BCUT2D eigenvalue weighted by atomic mass is 10.1. The maximum atomic E-state index is 11.9. The average Bonchev–Trinajstić information content (AvgIpc) is 2.76. The minimum atomic E-state index is 0.217. The number of piperidine rings is 1. The molecule has 3 heterocycles. The van der Waals surface area contributed by atoms with Crippen molar-refractivity contribution in [2.75, 3.05) is 18.9 Å². The van der Waals surface area contributed by atoms with Crippen molar-refractivity contribution >= 4 is 33.3 Å². The van der Waals surface area contributed by atoms with Gasteiger partial charge in [-0.05, 0) is 32.3 Å². The highest BCUT2D eigenvalue weighted by atomic mass is 32.1. The molecule has 21 heavy (non-hydrogen) atoms. The number of thiophene rings is 1. The number of aryl methyl sites for hydroxylation is 2. The van der Waals surface area contributed by atoms with E-state index >= 15 is 0 Å². The number of likely N-dealkylation sites (tertiary alicyclic amines) is 1. The van der Waals surface area contributed by atoms with Crippen molar-refractivity contribution in [1.29, 1.82) is 0 Å². The smallest absolute Gasteiger partial charge is 0.222 e. The Bertz CT molecular complexity index is 695. The van der Waals surface area contributed by atoms with E-state index in [0.717, 1.165) is 41.2 Å². The fourth-order valence-electron chi connectivity index (χ4n) is 2.75. The predicted octanol–water partition coefficient (Wildman–Crippen LogP) is 2.86. The zero-order chi connectivity index (χ0) is 15.0. The zero-order valence-corrected chi connectivity index (χ0v) is 13.5. The highest BCUT2D eigenvalue weighted by Gasteiger charge is 2.20. The molecule has 0 radical (unpaired) electrons. The van der Waals surface area contributed by atoms with Gasteiger partial charge in [0.05, 0.1) is 11.9 Å². The lowest BCUT2D eigenvalue weighted by molar-refractivity contribution is -0.134. The van der Waals surface area contributed by atoms with Crippen molar-refractivity contribution in [2.45, 2.75) is 39.7 Å². The van der Waals surface area contributed by atoms with Gasteiger partial charge in [0, 0.05) is 24.9 Å². The first-order valence-corrected chi connectivity index (χ1v) is 8.14. The zero-order valence-electron chi connectivity index (χ0n) is 12.7. The molecule has 0 spiro atoms. The van der Waals surface area contributed by atoms with Gasteiger partial charge in [-0.2, -0.15) is 0 Å². The van der Waals surface area contributed by atoms with Gasteiger partial charge >= 0.3 is 0 Å². The van der Waals surface area contributed by atoms with Crippen LogP contribution in [0.25, 0.3) is 10.2 Å². The second-order valence-corrected chi connectivity index (χ2v) is 6.68. The van der Waals surface area contributed by atoms with Gasteiger partial charge in [-0.1, -0.05) is 0 Å². The number of rotatable bonds is 3. The molecule has 1 N–H and O–H groups in total. The summed E-state index contributed by atoms with van der Waals surface area (Å²) in [6.45, 7) is 5.54. The van der Waals surface area contributed by atoms with Crippen LogP contribution in [0.1, 0.15) is 35.5 Å². The Hall–Kier alpha value is -1.69. The summed E-state index contributed by atoms with van der Waals surface area (Å²) in [6.07, 6.45) is 2.72. The van der Waals surface area contributed by atoms with Crippen LogP contribution in [-0.4, -0.2) is 34.4 Å². The van der Waals surface area contributed by atoms with Crippen LogP contribution >= 0.6 is 11.3 Å². The molecule has 1 amide bonds. The van der Waals surface area contributed by atoms with Gasteiger partial charge in [0.25, 0.3) is 0 Å². The van der Waals surface area contributed by atoms with Crippen LogP contribution in [0.4, 0.5) is 5.82 Å². The van der Waals surface area contributed by atoms with Crippen LogP contribution in [0.15, 0.2) is 0 Å². The maximum Gasteiger partial charge on any atom is 0.222 e. The highest BCUT2D eigenvalue weighted by molar-refractivity contribution is 7.18. The minimum absolute atomic E-state index is 0.217. The van der Waals surface area contributed by atoms with Crippen LogP contribution in [0.5, 0.6) is 0 Å². The molecule has 0 saturated carbocycles. The molecular formula is C15H20N4OS. The fraction of sp³-hybridized carbons (Fsp3) is 0.533. The summed E-state index contributed by atoms with van der Waals surface area (Å²) in [6, 6.07) is 0. The van der Waals surface area contributed by atoms with Crippen LogP contribution in [0.2, 0.25) is 0 Å². The number of hydrogen-bond donors (Lipinski definition) is 1. The van der Waals surface area contributed by atoms with Gasteiger partial charge in [0.2, 0.25) is 5.91 Å². The van der Waals surface area contributed by atoms with Crippen molar-refractivity contribution in [3.63, 3.8) is 0 Å². The van der Waals surface area contributed by atoms with E-state index in [1.54, 1.807) is 11.3 Å². The van der Waals surface area contributed by atoms with Gasteiger partial charge in [-0.15, -0.1) is 11.3 Å². The normalized spacial score (nSPS) is 15.8. The molecule has 0 atom stereocenters. The van der Waals surface area contributed by atoms with Crippen molar-refractivity contribution in [2.24, 2.45) is 0 Å². The summed E-state index contributed by atoms with van der Waals surface area (Å²) in [7, 11) is 1.88. The maximum absolute atomic E-state index is 11.9. The van der Waals surface area contributed by atoms with E-state index < -0.39 is 0 Å². The van der Waals surface area contributed by atoms with Crippen molar-refractivity contribution in [3.8, 4) is 0 Å². The van der Waals surface area contributed by atoms with E-state index in [-0.39, 0.29) is 5.91 Å². The van der Waals surface area contributed by atoms with E-state index in [4.69, 9.17) is 0 Å². The lowest BCUT2D eigenvalue weighted by Crippen LogP contribution is -2.35. The Balaban J connectivity index is 1.97. The molecule has 0 bridgehead atoms. The molecule has 1 fully saturated rings. The first-order valence-electron chi connectivity index (χ1n) is 7.32. The van der Waals surface area contributed by atoms with Crippen LogP contribution in [-0.2, 0) is 11.3 Å². The molecule has 0 aromatic carbocycles. The quantitative estimate of drug-likeness (QED) is 0.947. The largest absolute Gasteiger partial charge is 0.372 e. The number of hydrogen-bond acceptors (Lipinski definition) is 5. The number of carbonyl (C=O) groups excluding carboxylic acids is 1. The molecule has 112 valence electrons. The summed E-state index contributed by atoms with van der Waals surface area (Å²) in [5, 5.41) is 4.27. The SMILES string of the molecule is CNc1nc(CN2CCCCC2=O)nc2sc(C)c(C)c12. The number of nitrogens with one attached hydrogen (secondary N) is 1. The summed E-state index contributed by atoms with van der Waals surface area (Å²) in [5.74, 6) is 1.80. The molecule has 1 aliphatic rings. The Kier molecular flexibility index (Phi) is 3.80. The number of carbonyl (C=O) groups is 1. The van der Waals surface area contributed by atoms with E-state index in [9.17, 15) is 4.79 Å². The molecule has 3 rings (SSSR count). The highest BCUT2D eigenvalue weighted by Crippen LogP contribution is 2.33. The van der Waals surface area contributed by atoms with E-state index in [1.165, 1.54) is 10.4 Å². The summed E-state index contributed by atoms with van der Waals surface area (Å²) in [4.78, 5) is 25.4. The Morgan fingerprint density at radius 3 is 2.81 bits per heavy atom. The first kappa shape index (κ1) is 14.3. The third-order valence-corrected chi connectivity index (χ3v) is 5.17. The summed E-state index contributed by atoms with van der Waals surface area (Å²) < 4.78 is 0. The molecule has 2 aromatic heterocycles. The molecule has 1 saturated heterocycles. The first-order chi connectivity index (χ1) is 10.1. The van der Waals surface area contributed by atoms with Gasteiger partial charge in [-0.25, -0.2) is 9.97 Å². The second kappa shape index (κ2) is 5.60. The monoisotopic (exact) mass is 304 g/mol. The summed E-state index contributed by atoms with van der Waals surface area (Å²) >= 11 is 1.69. The van der Waals surface area contributed by atoms with Crippen LogP contribution < -0.4 is 5.32 Å². The van der Waals surface area contributed by atoms with Crippen molar-refractivity contribution < 1.29 is 4.79 Å². The molecule has 1 aliphatic heterocycles. The third-order valence-electron chi connectivity index (χ3n) is 4.07. The van der Waals surface area contributed by atoms with E-state index in [1.807, 2.05) is 11.9 Å². The minimum Gasteiger partial charge on any atom is -0.372 e. The fourth-order valence-corrected chi connectivity index (χ4v) is 3.79. The van der Waals surface area contributed by atoms with Crippen LogP contribution in [0.3, 0.4) is 0 Å². The topological polar surface area (TPSA) is 58.1 Å². The number of fused-ring (bicyclic) bond motifs is 1. The van der Waals surface area contributed by atoms with E-state index in [0.29, 0.717) is 13.0 Å². The molecule has 0 unspecified atom stereocenters. The lowest BCUT2D eigenvalue weighted by Gasteiger charge is -2.26. The number of amides is 1. The predicted molar refractivity (Wildman–Crippen MR) is 85.7 cm³/mol. The Morgan fingerprint density at radius 1 is 1.29 bits per heavy atom. The van der Waals surface area contributed by atoms with Crippen LogP contribution in [0, 0.1) is 13.8 Å². The van der Waals surface area contributed by atoms with Crippen molar-refractivity contribution in [3.05, 3.63) is 16.3 Å². The summed E-state index contributed by atoms with van der Waals surface area (Å²) in [5.41, 5.74) is 1.24. The molecule has 6 heteroatoms. The molecule has 5 nitrogen and oxygen atoms in total. The van der Waals surface area contributed by atoms with Gasteiger partial charge < -0.3 is 10.2 Å². The molecule has 2 aromatic rings. The molecule has 0 aliphatic carbocycles. The Morgan fingerprint density at radius 2 is 2.10 bits per heavy atom. The number of anilines is 1. The average molecular weight is 304 g/mol. The van der Waals surface area contributed by atoms with Crippen molar-refractivity contribution in [1.82, 2.24) is 14.9 Å². The van der Waals surface area contributed by atoms with E-state index in [2.05, 4.69) is 29.1 Å². The number of aromatic nitrogens is 2. The Labute approximate surface area is 128 Å². The third kappa shape index (κ3) is 2.60.